The number of carbonyl (C=O) groups is 2. The highest BCUT2D eigenvalue weighted by molar-refractivity contribution is 6.39. The van der Waals surface area contributed by atoms with E-state index in [4.69, 9.17) is 11.6 Å². The Kier molecular flexibility index (Phi) is 5.38. The summed E-state index contributed by atoms with van der Waals surface area (Å²) >= 11 is 6.03. The molecule has 1 aromatic carbocycles. The fourth-order valence-corrected chi connectivity index (χ4v) is 3.92. The van der Waals surface area contributed by atoms with Crippen molar-refractivity contribution in [1.82, 2.24) is 9.88 Å². The SMILES string of the molecule is O=C1C(=CCN2CCN(c3ncc(C(F)(F)F)cc3Cl)CC2)C(=O)c2ccccc21. The van der Waals surface area contributed by atoms with Crippen molar-refractivity contribution in [3.05, 3.63) is 69.9 Å². The van der Waals surface area contributed by atoms with Crippen molar-refractivity contribution in [2.45, 2.75) is 6.18 Å². The lowest BCUT2D eigenvalue weighted by atomic mass is 10.1. The number of carbonyl (C=O) groups excluding carboxylic acids is 2. The number of Topliss-reactive ketones (excluding diaryl/α,β-unsaturated/α-hetero) is 2. The lowest BCUT2D eigenvalue weighted by molar-refractivity contribution is -0.137. The van der Waals surface area contributed by atoms with E-state index < -0.39 is 11.7 Å². The molecule has 2 heterocycles. The summed E-state index contributed by atoms with van der Waals surface area (Å²) in [7, 11) is 0. The average Bonchev–Trinajstić information content (AvgIpc) is 2.97. The summed E-state index contributed by atoms with van der Waals surface area (Å²) in [6.45, 7) is 2.66. The Bertz CT molecular complexity index is 1010. The van der Waals surface area contributed by atoms with Gasteiger partial charge in [0.15, 0.2) is 11.6 Å². The van der Waals surface area contributed by atoms with Crippen LogP contribution in [0.25, 0.3) is 0 Å². The van der Waals surface area contributed by atoms with Gasteiger partial charge in [-0.1, -0.05) is 41.9 Å². The molecule has 30 heavy (non-hydrogen) atoms. The Morgan fingerprint density at radius 3 is 2.17 bits per heavy atom. The number of aromatic nitrogens is 1. The number of allylic oxidation sites excluding steroid dienone is 1. The standard InChI is InChI=1S/C21H17ClF3N3O2/c22-17-11-13(21(23,24)25)12-26-20(17)28-9-7-27(8-10-28)6-5-16-18(29)14-3-1-2-4-15(14)19(16)30/h1-5,11-12H,6-10H2. The summed E-state index contributed by atoms with van der Waals surface area (Å²) in [5.41, 5.74) is 0.169. The maximum atomic E-state index is 12.8. The summed E-state index contributed by atoms with van der Waals surface area (Å²) in [6, 6.07) is 7.64. The van der Waals surface area contributed by atoms with E-state index in [9.17, 15) is 22.8 Å². The molecule has 0 bridgehead atoms. The van der Waals surface area contributed by atoms with Crippen LogP contribution >= 0.6 is 11.6 Å². The third-order valence-electron chi connectivity index (χ3n) is 5.28. The Morgan fingerprint density at radius 1 is 1.03 bits per heavy atom. The van der Waals surface area contributed by atoms with Gasteiger partial charge in [0.05, 0.1) is 16.2 Å². The van der Waals surface area contributed by atoms with Crippen molar-refractivity contribution in [3.63, 3.8) is 0 Å². The van der Waals surface area contributed by atoms with Gasteiger partial charge in [0.2, 0.25) is 0 Å². The zero-order valence-electron chi connectivity index (χ0n) is 15.7. The van der Waals surface area contributed by atoms with Crippen LogP contribution in [0.3, 0.4) is 0 Å². The van der Waals surface area contributed by atoms with E-state index in [-0.39, 0.29) is 22.2 Å². The number of hydrogen-bond donors (Lipinski definition) is 0. The largest absolute Gasteiger partial charge is 0.417 e. The Labute approximate surface area is 175 Å². The minimum Gasteiger partial charge on any atom is -0.353 e. The van der Waals surface area contributed by atoms with E-state index in [0.717, 1.165) is 12.3 Å². The zero-order chi connectivity index (χ0) is 21.5. The molecular formula is C21H17ClF3N3O2. The number of rotatable bonds is 3. The normalized spacial score (nSPS) is 17.5. The Balaban J connectivity index is 1.39. The number of anilines is 1. The minimum absolute atomic E-state index is 0.0414. The van der Waals surface area contributed by atoms with Gasteiger partial charge in [-0.25, -0.2) is 4.98 Å². The number of fused-ring (bicyclic) bond motifs is 1. The zero-order valence-corrected chi connectivity index (χ0v) is 16.5. The predicted octanol–water partition coefficient (Wildman–Crippen LogP) is 3.88. The molecule has 0 spiro atoms. The fourth-order valence-electron chi connectivity index (χ4n) is 3.64. The summed E-state index contributed by atoms with van der Waals surface area (Å²) in [6.07, 6.45) is -2.05. The maximum absolute atomic E-state index is 12.8. The number of hydrogen-bond acceptors (Lipinski definition) is 5. The van der Waals surface area contributed by atoms with Crippen LogP contribution in [0.1, 0.15) is 26.3 Å². The fraction of sp³-hybridized carbons (Fsp3) is 0.286. The maximum Gasteiger partial charge on any atom is 0.417 e. The molecule has 0 atom stereocenters. The van der Waals surface area contributed by atoms with Gasteiger partial charge in [-0.2, -0.15) is 13.2 Å². The first kappa shape index (κ1) is 20.6. The van der Waals surface area contributed by atoms with Crippen molar-refractivity contribution < 1.29 is 22.8 Å². The van der Waals surface area contributed by atoms with Crippen LogP contribution in [0.2, 0.25) is 5.02 Å². The van der Waals surface area contributed by atoms with E-state index >= 15 is 0 Å². The van der Waals surface area contributed by atoms with Gasteiger partial charge < -0.3 is 4.90 Å². The first-order chi connectivity index (χ1) is 14.3. The number of piperazine rings is 1. The van der Waals surface area contributed by atoms with Crippen LogP contribution in [0.4, 0.5) is 19.0 Å². The molecule has 0 radical (unpaired) electrons. The molecule has 1 fully saturated rings. The lowest BCUT2D eigenvalue weighted by Gasteiger charge is -2.35. The van der Waals surface area contributed by atoms with Gasteiger partial charge in [-0.05, 0) is 6.07 Å². The number of halogens is 4. The van der Waals surface area contributed by atoms with E-state index in [1.165, 1.54) is 0 Å². The van der Waals surface area contributed by atoms with Crippen LogP contribution < -0.4 is 4.90 Å². The molecule has 0 amide bonds. The van der Waals surface area contributed by atoms with Crippen LogP contribution in [-0.2, 0) is 6.18 Å². The molecule has 5 nitrogen and oxygen atoms in total. The van der Waals surface area contributed by atoms with Crippen molar-refractivity contribution in [2.24, 2.45) is 0 Å². The number of pyridine rings is 1. The molecule has 9 heteroatoms. The summed E-state index contributed by atoms with van der Waals surface area (Å²) in [5.74, 6) is -0.191. The number of ketones is 2. The molecule has 1 aliphatic heterocycles. The molecule has 2 aromatic rings. The first-order valence-electron chi connectivity index (χ1n) is 9.34. The van der Waals surface area contributed by atoms with E-state index in [1.54, 1.807) is 30.3 Å². The number of benzene rings is 1. The molecule has 1 aromatic heterocycles. The Hall–Kier alpha value is -2.71. The van der Waals surface area contributed by atoms with E-state index in [2.05, 4.69) is 9.88 Å². The molecule has 0 unspecified atom stereocenters. The summed E-state index contributed by atoms with van der Waals surface area (Å²) in [5, 5.41) is -0.0414. The molecule has 156 valence electrons. The number of nitrogens with zero attached hydrogens (tertiary/aromatic N) is 3. The monoisotopic (exact) mass is 435 g/mol. The average molecular weight is 436 g/mol. The second-order valence-corrected chi connectivity index (χ2v) is 7.54. The van der Waals surface area contributed by atoms with Crippen LogP contribution in [0, 0.1) is 0 Å². The first-order valence-corrected chi connectivity index (χ1v) is 9.72. The van der Waals surface area contributed by atoms with E-state index in [0.29, 0.717) is 49.7 Å². The van der Waals surface area contributed by atoms with Crippen molar-refractivity contribution in [1.29, 1.82) is 0 Å². The minimum atomic E-state index is -4.49. The third kappa shape index (κ3) is 3.85. The molecule has 2 aliphatic rings. The third-order valence-corrected chi connectivity index (χ3v) is 5.56. The van der Waals surface area contributed by atoms with Crippen LogP contribution in [-0.4, -0.2) is 54.2 Å². The molecular weight excluding hydrogens is 419 g/mol. The summed E-state index contributed by atoms with van der Waals surface area (Å²) in [4.78, 5) is 32.7. The smallest absolute Gasteiger partial charge is 0.353 e. The van der Waals surface area contributed by atoms with Crippen molar-refractivity contribution in [2.75, 3.05) is 37.6 Å². The van der Waals surface area contributed by atoms with Gasteiger partial charge >= 0.3 is 6.18 Å². The molecule has 0 N–H and O–H groups in total. The van der Waals surface area contributed by atoms with Crippen LogP contribution in [0.5, 0.6) is 0 Å². The molecule has 1 aliphatic carbocycles. The van der Waals surface area contributed by atoms with Gasteiger partial charge in [-0.3, -0.25) is 14.5 Å². The summed E-state index contributed by atoms with van der Waals surface area (Å²) < 4.78 is 38.3. The quantitative estimate of drug-likeness (QED) is 0.541. The van der Waals surface area contributed by atoms with E-state index in [1.807, 2.05) is 4.90 Å². The Morgan fingerprint density at radius 2 is 1.63 bits per heavy atom. The van der Waals surface area contributed by atoms with Gasteiger partial charge in [0.1, 0.15) is 5.82 Å². The van der Waals surface area contributed by atoms with Gasteiger partial charge in [0.25, 0.3) is 0 Å². The van der Waals surface area contributed by atoms with Crippen LogP contribution in [0.15, 0.2) is 48.2 Å². The lowest BCUT2D eigenvalue weighted by Crippen LogP contribution is -2.46. The topological polar surface area (TPSA) is 53.5 Å². The highest BCUT2D eigenvalue weighted by atomic mass is 35.5. The predicted molar refractivity (Wildman–Crippen MR) is 106 cm³/mol. The second kappa shape index (κ2) is 7.85. The highest BCUT2D eigenvalue weighted by Gasteiger charge is 2.33. The molecule has 4 rings (SSSR count). The second-order valence-electron chi connectivity index (χ2n) is 7.14. The van der Waals surface area contributed by atoms with Crippen molar-refractivity contribution >= 4 is 29.0 Å². The molecule has 1 saturated heterocycles. The van der Waals surface area contributed by atoms with Gasteiger partial charge in [-0.15, -0.1) is 0 Å². The van der Waals surface area contributed by atoms with Crippen molar-refractivity contribution in [3.8, 4) is 0 Å². The highest BCUT2D eigenvalue weighted by Crippen LogP contribution is 2.33. The van der Waals surface area contributed by atoms with Gasteiger partial charge in [0, 0.05) is 50.0 Å². The molecule has 0 saturated carbocycles. The number of alkyl halides is 3.